The summed E-state index contributed by atoms with van der Waals surface area (Å²) in [7, 11) is 0. The lowest BCUT2D eigenvalue weighted by Crippen LogP contribution is -2.50. The Balaban J connectivity index is 1.52. The van der Waals surface area contributed by atoms with Crippen molar-refractivity contribution in [1.29, 1.82) is 0 Å². The number of amides is 2. The van der Waals surface area contributed by atoms with Gasteiger partial charge in [0.1, 0.15) is 5.01 Å². The molecule has 0 atom stereocenters. The molecule has 25 heavy (non-hydrogen) atoms. The quantitative estimate of drug-likeness (QED) is 0.845. The van der Waals surface area contributed by atoms with E-state index >= 15 is 0 Å². The van der Waals surface area contributed by atoms with Crippen LogP contribution in [0.15, 0.2) is 29.6 Å². The lowest BCUT2D eigenvalue weighted by atomic mass is 10.1. The molecule has 1 aliphatic rings. The Kier molecular flexibility index (Phi) is 5.48. The second-order valence-corrected chi connectivity index (χ2v) is 7.26. The van der Waals surface area contributed by atoms with Gasteiger partial charge in [-0.3, -0.25) is 9.59 Å². The first kappa shape index (κ1) is 17.6. The molecule has 1 fully saturated rings. The van der Waals surface area contributed by atoms with Gasteiger partial charge in [0.15, 0.2) is 0 Å². The summed E-state index contributed by atoms with van der Waals surface area (Å²) in [6.07, 6.45) is 1.13. The highest BCUT2D eigenvalue weighted by molar-refractivity contribution is 7.13. The van der Waals surface area contributed by atoms with Crippen molar-refractivity contribution in [3.63, 3.8) is 0 Å². The van der Waals surface area contributed by atoms with Crippen LogP contribution in [0.4, 0.5) is 0 Å². The molecule has 2 aromatic rings. The highest BCUT2D eigenvalue weighted by Gasteiger charge is 2.22. The summed E-state index contributed by atoms with van der Waals surface area (Å²) in [6, 6.07) is 8.30. The molecule has 1 aliphatic heterocycles. The molecule has 5 nitrogen and oxygen atoms in total. The minimum absolute atomic E-state index is 0.0817. The Hall–Kier alpha value is -2.21. The van der Waals surface area contributed by atoms with Gasteiger partial charge in [0, 0.05) is 50.5 Å². The number of aryl methyl sites for hydroxylation is 2. The van der Waals surface area contributed by atoms with E-state index in [1.165, 1.54) is 5.56 Å². The molecule has 6 heteroatoms. The smallest absolute Gasteiger partial charge is 0.223 e. The third-order valence-corrected chi connectivity index (χ3v) is 5.43. The van der Waals surface area contributed by atoms with Gasteiger partial charge < -0.3 is 9.80 Å². The van der Waals surface area contributed by atoms with Crippen molar-refractivity contribution in [1.82, 2.24) is 14.8 Å². The Labute approximate surface area is 152 Å². The molecule has 1 aromatic carbocycles. The van der Waals surface area contributed by atoms with Gasteiger partial charge in [0.05, 0.1) is 5.69 Å². The third kappa shape index (κ3) is 4.45. The molecular weight excluding hydrogens is 334 g/mol. The Bertz CT molecular complexity index is 764. The van der Waals surface area contributed by atoms with E-state index in [2.05, 4.69) is 30.1 Å². The normalized spacial score (nSPS) is 14.6. The van der Waals surface area contributed by atoms with Gasteiger partial charge in [-0.1, -0.05) is 23.8 Å². The van der Waals surface area contributed by atoms with Crippen molar-refractivity contribution in [2.24, 2.45) is 0 Å². The van der Waals surface area contributed by atoms with Gasteiger partial charge in [0.2, 0.25) is 11.8 Å². The van der Waals surface area contributed by atoms with Crippen LogP contribution in [0.5, 0.6) is 0 Å². The number of hydrogen-bond donors (Lipinski definition) is 0. The number of piperazine rings is 1. The number of carbonyl (C=O) groups is 2. The van der Waals surface area contributed by atoms with Crippen LogP contribution in [0.2, 0.25) is 0 Å². The minimum Gasteiger partial charge on any atom is -0.339 e. The zero-order valence-electron chi connectivity index (χ0n) is 14.7. The van der Waals surface area contributed by atoms with E-state index in [1.807, 2.05) is 16.3 Å². The first-order valence-electron chi connectivity index (χ1n) is 8.57. The van der Waals surface area contributed by atoms with Crippen LogP contribution >= 0.6 is 11.3 Å². The fourth-order valence-electron chi connectivity index (χ4n) is 3.00. The van der Waals surface area contributed by atoms with Crippen molar-refractivity contribution >= 4 is 23.2 Å². The number of rotatable bonds is 4. The lowest BCUT2D eigenvalue weighted by molar-refractivity contribution is -0.138. The highest BCUT2D eigenvalue weighted by Crippen LogP contribution is 2.25. The molecule has 2 amide bonds. The average molecular weight is 357 g/mol. The van der Waals surface area contributed by atoms with Crippen molar-refractivity contribution in [3.05, 3.63) is 40.9 Å². The van der Waals surface area contributed by atoms with Crippen molar-refractivity contribution in [2.75, 3.05) is 26.2 Å². The molecule has 0 unspecified atom stereocenters. The Morgan fingerprint density at radius 1 is 1.16 bits per heavy atom. The number of thiazole rings is 1. The molecule has 1 aromatic heterocycles. The maximum absolute atomic E-state index is 12.4. The van der Waals surface area contributed by atoms with E-state index in [4.69, 9.17) is 0 Å². The summed E-state index contributed by atoms with van der Waals surface area (Å²) in [4.78, 5) is 32.0. The number of aromatic nitrogens is 1. The molecule has 0 bridgehead atoms. The molecule has 0 saturated carbocycles. The van der Waals surface area contributed by atoms with Gasteiger partial charge >= 0.3 is 0 Å². The predicted molar refractivity (Wildman–Crippen MR) is 99.4 cm³/mol. The standard InChI is InChI=1S/C19H23N3O2S/c1-14-4-3-5-16(12-14)19-20-17(13-25-19)6-7-18(24)22-10-8-21(9-11-22)15(2)23/h3-5,12-13H,6-11H2,1-2H3. The molecule has 132 valence electrons. The van der Waals surface area contributed by atoms with Crippen molar-refractivity contribution < 1.29 is 9.59 Å². The van der Waals surface area contributed by atoms with Crippen LogP contribution in [-0.4, -0.2) is 52.8 Å². The molecule has 0 radical (unpaired) electrons. The van der Waals surface area contributed by atoms with E-state index < -0.39 is 0 Å². The monoisotopic (exact) mass is 357 g/mol. The molecule has 0 N–H and O–H groups in total. The molecule has 3 rings (SSSR count). The number of hydrogen-bond acceptors (Lipinski definition) is 4. The first-order chi connectivity index (χ1) is 12.0. The van der Waals surface area contributed by atoms with Gasteiger partial charge in [-0.05, 0) is 19.4 Å². The molecule has 0 aliphatic carbocycles. The lowest BCUT2D eigenvalue weighted by Gasteiger charge is -2.34. The van der Waals surface area contributed by atoms with Crippen LogP contribution < -0.4 is 0 Å². The van der Waals surface area contributed by atoms with E-state index in [1.54, 1.807) is 23.2 Å². The third-order valence-electron chi connectivity index (χ3n) is 4.49. The number of benzene rings is 1. The van der Waals surface area contributed by atoms with Crippen LogP contribution in [0, 0.1) is 6.92 Å². The summed E-state index contributed by atoms with van der Waals surface area (Å²) in [6.45, 7) is 6.17. The fraction of sp³-hybridized carbons (Fsp3) is 0.421. The van der Waals surface area contributed by atoms with Gasteiger partial charge in [-0.2, -0.15) is 0 Å². The summed E-state index contributed by atoms with van der Waals surface area (Å²) in [5.41, 5.74) is 3.31. The largest absolute Gasteiger partial charge is 0.339 e. The number of carbonyl (C=O) groups excluding carboxylic acids is 2. The zero-order valence-corrected chi connectivity index (χ0v) is 15.5. The van der Waals surface area contributed by atoms with Crippen molar-refractivity contribution in [3.8, 4) is 10.6 Å². The second-order valence-electron chi connectivity index (χ2n) is 6.40. The minimum atomic E-state index is 0.0817. The molecule has 0 spiro atoms. The second kappa shape index (κ2) is 7.78. The summed E-state index contributed by atoms with van der Waals surface area (Å²) in [5, 5.41) is 3.04. The van der Waals surface area contributed by atoms with E-state index in [0.29, 0.717) is 39.0 Å². The molecule has 1 saturated heterocycles. The zero-order chi connectivity index (χ0) is 17.8. The van der Waals surface area contributed by atoms with Gasteiger partial charge in [-0.15, -0.1) is 11.3 Å². The maximum atomic E-state index is 12.4. The summed E-state index contributed by atoms with van der Waals surface area (Å²) >= 11 is 1.62. The maximum Gasteiger partial charge on any atom is 0.223 e. The summed E-state index contributed by atoms with van der Waals surface area (Å²) in [5.74, 6) is 0.228. The van der Waals surface area contributed by atoms with Crippen LogP contribution in [-0.2, 0) is 16.0 Å². The van der Waals surface area contributed by atoms with E-state index in [-0.39, 0.29) is 11.8 Å². The Morgan fingerprint density at radius 3 is 2.56 bits per heavy atom. The number of nitrogens with zero attached hydrogens (tertiary/aromatic N) is 3. The highest BCUT2D eigenvalue weighted by atomic mass is 32.1. The first-order valence-corrected chi connectivity index (χ1v) is 9.45. The average Bonchev–Trinajstić information content (AvgIpc) is 3.09. The van der Waals surface area contributed by atoms with Crippen LogP contribution in [0.3, 0.4) is 0 Å². The van der Waals surface area contributed by atoms with Crippen LogP contribution in [0.25, 0.3) is 10.6 Å². The van der Waals surface area contributed by atoms with Gasteiger partial charge in [-0.25, -0.2) is 4.98 Å². The molecule has 2 heterocycles. The molecular formula is C19H23N3O2S. The fourth-order valence-corrected chi connectivity index (χ4v) is 3.85. The Morgan fingerprint density at radius 2 is 1.88 bits per heavy atom. The topological polar surface area (TPSA) is 53.5 Å². The predicted octanol–water partition coefficient (Wildman–Crippen LogP) is 2.74. The van der Waals surface area contributed by atoms with E-state index in [0.717, 1.165) is 16.3 Å². The van der Waals surface area contributed by atoms with Crippen LogP contribution in [0.1, 0.15) is 24.6 Å². The SMILES string of the molecule is CC(=O)N1CCN(C(=O)CCc2csc(-c3cccc(C)c3)n2)CC1. The summed E-state index contributed by atoms with van der Waals surface area (Å²) < 4.78 is 0. The van der Waals surface area contributed by atoms with Gasteiger partial charge in [0.25, 0.3) is 0 Å². The van der Waals surface area contributed by atoms with Crippen molar-refractivity contribution in [2.45, 2.75) is 26.7 Å². The van der Waals surface area contributed by atoms with E-state index in [9.17, 15) is 9.59 Å².